The van der Waals surface area contributed by atoms with E-state index >= 15 is 0 Å². The standard InChI is InChI=1S/2C32H18S2/c2*1-3-9-21-23-15-17-26-20-12-6-8-14-28(20)34-32(26)30(23)22(10-4-2)24-16-18-25-19-11-5-7-13-27(19)33-31(25)29(21)24/h2*5-8,11-18H,1-2H3. The zero-order valence-corrected chi connectivity index (χ0v) is 40.8. The third-order valence-electron chi connectivity index (χ3n) is 13.3. The molecule has 4 heterocycles. The summed E-state index contributed by atoms with van der Waals surface area (Å²) >= 11 is 7.44. The first-order valence-corrected chi connectivity index (χ1v) is 25.9. The Morgan fingerprint density at radius 2 is 0.441 bits per heavy atom. The molecule has 0 fully saturated rings. The third-order valence-corrected chi connectivity index (χ3v) is 18.1. The minimum Gasteiger partial charge on any atom is -0.134 e. The summed E-state index contributed by atoms with van der Waals surface area (Å²) in [6.45, 7) is 7.72. The van der Waals surface area contributed by atoms with Gasteiger partial charge < -0.3 is 0 Å². The molecule has 14 aromatic rings. The lowest BCUT2D eigenvalue weighted by atomic mass is 9.90. The highest BCUT2D eigenvalue weighted by Crippen LogP contribution is 2.49. The molecule has 0 aliphatic carbocycles. The normalized spacial score (nSPS) is 11.4. The number of hydrogen-bond acceptors (Lipinski definition) is 4. The molecule has 0 aliphatic rings. The molecule has 0 spiro atoms. The van der Waals surface area contributed by atoms with Gasteiger partial charge in [0, 0.05) is 146 Å². The molecule has 0 radical (unpaired) electrons. The number of thiophene rings is 4. The summed E-state index contributed by atoms with van der Waals surface area (Å²) in [6, 6.07) is 52.9. The second-order valence-electron chi connectivity index (χ2n) is 16.9. The summed E-state index contributed by atoms with van der Waals surface area (Å²) in [4.78, 5) is 0. The van der Waals surface area contributed by atoms with Crippen molar-refractivity contribution in [3.63, 3.8) is 0 Å². The molecule has 14 rings (SSSR count). The molecule has 0 unspecified atom stereocenters. The highest BCUT2D eigenvalue weighted by Gasteiger charge is 2.22. The van der Waals surface area contributed by atoms with E-state index in [0.29, 0.717) is 0 Å². The lowest BCUT2D eigenvalue weighted by molar-refractivity contribution is 1.78. The number of rotatable bonds is 0. The van der Waals surface area contributed by atoms with E-state index in [0.717, 1.165) is 22.3 Å². The Kier molecular flexibility index (Phi) is 9.57. The minimum absolute atomic E-state index is 1.12. The fourth-order valence-electron chi connectivity index (χ4n) is 10.5. The predicted molar refractivity (Wildman–Crippen MR) is 305 cm³/mol. The SMILES string of the molecule is CC#Cc1c2ccc3c4ccccc4sc3c2c(C#CC)c2ccc3c4ccccc4sc3c12.CC#Cc1c2ccc3c4ccccc4sc3c2c(C#CC)c2ccc3c4ccccc4sc3c12. The van der Waals surface area contributed by atoms with Gasteiger partial charge in [0.15, 0.2) is 0 Å². The molecule has 4 heteroatoms. The van der Waals surface area contributed by atoms with Crippen LogP contribution in [0.3, 0.4) is 0 Å². The van der Waals surface area contributed by atoms with Crippen LogP contribution in [-0.2, 0) is 0 Å². The van der Waals surface area contributed by atoms with Crippen molar-refractivity contribution < 1.29 is 0 Å². The van der Waals surface area contributed by atoms with Gasteiger partial charge in [-0.15, -0.1) is 69.0 Å². The van der Waals surface area contributed by atoms with Crippen molar-refractivity contribution in [1.29, 1.82) is 0 Å². The zero-order valence-electron chi connectivity index (χ0n) is 37.5. The van der Waals surface area contributed by atoms with Gasteiger partial charge in [0.25, 0.3) is 0 Å². The molecule has 0 nitrogen and oxygen atoms in total. The molecular formula is C64H36S4. The van der Waals surface area contributed by atoms with Gasteiger partial charge in [-0.1, -0.05) is 145 Å². The lowest BCUT2D eigenvalue weighted by Gasteiger charge is -2.13. The molecule has 0 amide bonds. The van der Waals surface area contributed by atoms with Gasteiger partial charge in [-0.05, 0) is 52.0 Å². The van der Waals surface area contributed by atoms with Crippen LogP contribution in [0.5, 0.6) is 0 Å². The van der Waals surface area contributed by atoms with E-state index < -0.39 is 0 Å². The van der Waals surface area contributed by atoms with E-state index in [4.69, 9.17) is 0 Å². The molecule has 0 bridgehead atoms. The summed E-state index contributed by atoms with van der Waals surface area (Å²) in [5.74, 6) is 26.9. The molecule has 68 heavy (non-hydrogen) atoms. The van der Waals surface area contributed by atoms with Crippen LogP contribution in [-0.4, -0.2) is 0 Å². The fraction of sp³-hybridized carbons (Fsp3) is 0.0625. The molecule has 316 valence electrons. The largest absolute Gasteiger partial charge is 0.134 e. The van der Waals surface area contributed by atoms with Crippen LogP contribution in [0.15, 0.2) is 146 Å². The van der Waals surface area contributed by atoms with Crippen LogP contribution < -0.4 is 0 Å². The fourth-order valence-corrected chi connectivity index (χ4v) is 15.6. The van der Waals surface area contributed by atoms with E-state index in [2.05, 4.69) is 193 Å². The second-order valence-corrected chi connectivity index (χ2v) is 21.1. The third kappa shape index (κ3) is 5.90. The van der Waals surface area contributed by atoms with Crippen LogP contribution >= 0.6 is 45.3 Å². The van der Waals surface area contributed by atoms with Gasteiger partial charge >= 0.3 is 0 Å². The summed E-state index contributed by atoms with van der Waals surface area (Å²) in [5.41, 5.74) is 4.47. The monoisotopic (exact) mass is 932 g/mol. The maximum Gasteiger partial charge on any atom is 0.0447 e. The molecule has 0 saturated carbocycles. The van der Waals surface area contributed by atoms with E-state index in [-0.39, 0.29) is 0 Å². The van der Waals surface area contributed by atoms with E-state index in [1.807, 2.05) is 73.0 Å². The summed E-state index contributed by atoms with van der Waals surface area (Å²) in [7, 11) is 0. The van der Waals surface area contributed by atoms with E-state index in [9.17, 15) is 0 Å². The van der Waals surface area contributed by atoms with Crippen LogP contribution in [0, 0.1) is 47.4 Å². The number of fused-ring (bicyclic) bond motifs is 20. The summed E-state index contributed by atoms with van der Waals surface area (Å²) in [6.07, 6.45) is 0. The Morgan fingerprint density at radius 1 is 0.235 bits per heavy atom. The molecule has 4 aromatic heterocycles. The van der Waals surface area contributed by atoms with Crippen molar-refractivity contribution in [2.75, 3.05) is 0 Å². The Labute approximate surface area is 409 Å². The van der Waals surface area contributed by atoms with Gasteiger partial charge in [-0.2, -0.15) is 0 Å². The molecule has 0 saturated heterocycles. The second kappa shape index (κ2) is 16.0. The van der Waals surface area contributed by atoms with Gasteiger partial charge in [0.05, 0.1) is 0 Å². The van der Waals surface area contributed by atoms with Crippen LogP contribution in [0.25, 0.3) is 124 Å². The van der Waals surface area contributed by atoms with E-state index in [1.165, 1.54) is 124 Å². The average molecular weight is 933 g/mol. The Balaban J connectivity index is 0.000000134. The predicted octanol–water partition coefficient (Wildman–Crippen LogP) is 18.9. The van der Waals surface area contributed by atoms with Gasteiger partial charge in [0.2, 0.25) is 0 Å². The van der Waals surface area contributed by atoms with Crippen molar-refractivity contribution in [1.82, 2.24) is 0 Å². The van der Waals surface area contributed by atoms with Gasteiger partial charge in [0.1, 0.15) is 0 Å². The maximum absolute atomic E-state index is 3.51. The zero-order chi connectivity index (χ0) is 45.6. The van der Waals surface area contributed by atoms with Gasteiger partial charge in [-0.3, -0.25) is 0 Å². The highest BCUT2D eigenvalue weighted by atomic mass is 32.1. The van der Waals surface area contributed by atoms with Crippen molar-refractivity contribution >= 4 is 169 Å². The topological polar surface area (TPSA) is 0 Å². The summed E-state index contributed by atoms with van der Waals surface area (Å²) in [5, 5.41) is 20.1. The van der Waals surface area contributed by atoms with E-state index in [1.54, 1.807) is 0 Å². The van der Waals surface area contributed by atoms with Crippen LogP contribution in [0.2, 0.25) is 0 Å². The lowest BCUT2D eigenvalue weighted by Crippen LogP contribution is -1.91. The first kappa shape index (κ1) is 40.6. The Morgan fingerprint density at radius 3 is 0.662 bits per heavy atom. The quantitative estimate of drug-likeness (QED) is 0.105. The average Bonchev–Trinajstić information content (AvgIpc) is 4.16. The Bertz CT molecular complexity index is 4190. The van der Waals surface area contributed by atoms with Gasteiger partial charge in [-0.25, -0.2) is 0 Å². The Hall–Kier alpha value is -7.64. The van der Waals surface area contributed by atoms with Crippen LogP contribution in [0.1, 0.15) is 49.9 Å². The van der Waals surface area contributed by atoms with Crippen molar-refractivity contribution in [2.24, 2.45) is 0 Å². The minimum atomic E-state index is 1.12. The van der Waals surface area contributed by atoms with Crippen molar-refractivity contribution in [2.45, 2.75) is 27.7 Å². The number of benzene rings is 10. The first-order valence-electron chi connectivity index (χ1n) is 22.6. The molecule has 10 aromatic carbocycles. The van der Waals surface area contributed by atoms with Crippen LogP contribution in [0.4, 0.5) is 0 Å². The highest BCUT2D eigenvalue weighted by molar-refractivity contribution is 7.28. The molecule has 0 aliphatic heterocycles. The summed E-state index contributed by atoms with van der Waals surface area (Å²) < 4.78 is 10.4. The maximum atomic E-state index is 3.51. The molecule has 0 atom stereocenters. The van der Waals surface area contributed by atoms with Crippen molar-refractivity contribution in [3.8, 4) is 47.4 Å². The van der Waals surface area contributed by atoms with Crippen molar-refractivity contribution in [3.05, 3.63) is 168 Å². The number of hydrogen-bond donors (Lipinski definition) is 0. The molecular weight excluding hydrogens is 897 g/mol. The molecule has 0 N–H and O–H groups in total. The smallest absolute Gasteiger partial charge is 0.0447 e. The first-order chi connectivity index (χ1) is 33.6.